The van der Waals surface area contributed by atoms with Crippen molar-refractivity contribution in [1.29, 1.82) is 0 Å². The van der Waals surface area contributed by atoms with Crippen molar-refractivity contribution in [2.45, 2.75) is 18.0 Å². The summed E-state index contributed by atoms with van der Waals surface area (Å²) in [7, 11) is 1.56. The van der Waals surface area contributed by atoms with Gasteiger partial charge in [-0.15, -0.1) is 0 Å². The number of ether oxygens (including phenoxy) is 3. The maximum atomic E-state index is 12.9. The molecule has 3 aromatic rings. The Labute approximate surface area is 188 Å². The normalized spacial score (nSPS) is 14.0. The molecular weight excluding hydrogens is 441 g/mol. The summed E-state index contributed by atoms with van der Waals surface area (Å²) in [6.07, 6.45) is -2.68. The average Bonchev–Trinajstić information content (AvgIpc) is 2.76. The molecule has 0 saturated carbocycles. The molecule has 0 bridgehead atoms. The Kier molecular flexibility index (Phi) is 6.76. The minimum atomic E-state index is -4.38. The lowest BCUT2D eigenvalue weighted by Gasteiger charge is -2.25. The summed E-state index contributed by atoms with van der Waals surface area (Å²) >= 11 is 1.56. The zero-order valence-electron chi connectivity index (χ0n) is 17.2. The van der Waals surface area contributed by atoms with Gasteiger partial charge in [0.2, 0.25) is 5.88 Å². The van der Waals surface area contributed by atoms with E-state index in [0.717, 1.165) is 28.9 Å². The van der Waals surface area contributed by atoms with Gasteiger partial charge >= 0.3 is 6.18 Å². The predicted molar refractivity (Wildman–Crippen MR) is 118 cm³/mol. The molecule has 4 rings (SSSR count). The average molecular weight is 462 g/mol. The highest BCUT2D eigenvalue weighted by molar-refractivity contribution is 8.01. The number of benzene rings is 2. The van der Waals surface area contributed by atoms with Crippen molar-refractivity contribution < 1.29 is 27.4 Å². The van der Waals surface area contributed by atoms with Crippen LogP contribution >= 0.6 is 11.9 Å². The van der Waals surface area contributed by atoms with E-state index >= 15 is 0 Å². The molecule has 0 radical (unpaired) electrons. The van der Waals surface area contributed by atoms with Gasteiger partial charge in [0.05, 0.1) is 31.1 Å². The molecule has 0 spiro atoms. The van der Waals surface area contributed by atoms with E-state index in [1.54, 1.807) is 37.4 Å². The molecule has 1 aliphatic rings. The summed E-state index contributed by atoms with van der Waals surface area (Å²) in [6.45, 7) is 1.44. The van der Waals surface area contributed by atoms with Gasteiger partial charge < -0.3 is 18.9 Å². The highest BCUT2D eigenvalue weighted by atomic mass is 32.2. The summed E-state index contributed by atoms with van der Waals surface area (Å²) in [6, 6.07) is 14.4. The second kappa shape index (κ2) is 9.70. The van der Waals surface area contributed by atoms with Crippen molar-refractivity contribution in [3.05, 3.63) is 71.9 Å². The van der Waals surface area contributed by atoms with Gasteiger partial charge in [-0.2, -0.15) is 13.2 Å². The van der Waals surface area contributed by atoms with Crippen LogP contribution in [0, 0.1) is 0 Å². The van der Waals surface area contributed by atoms with Crippen molar-refractivity contribution in [1.82, 2.24) is 4.98 Å². The largest absolute Gasteiger partial charge is 0.489 e. The van der Waals surface area contributed by atoms with E-state index in [1.807, 2.05) is 24.3 Å². The molecule has 2 aromatic carbocycles. The molecule has 1 fully saturated rings. The minimum absolute atomic E-state index is 0.0289. The first-order chi connectivity index (χ1) is 15.4. The smallest absolute Gasteiger partial charge is 0.416 e. The van der Waals surface area contributed by atoms with Crippen molar-refractivity contribution in [3.8, 4) is 22.8 Å². The van der Waals surface area contributed by atoms with E-state index in [-0.39, 0.29) is 6.61 Å². The predicted octanol–water partition coefficient (Wildman–Crippen LogP) is 5.81. The lowest BCUT2D eigenvalue weighted by atomic mass is 10.1. The molecule has 0 unspecified atom stereocenters. The second-order valence-electron chi connectivity index (χ2n) is 7.17. The molecule has 0 atom stereocenters. The van der Waals surface area contributed by atoms with Crippen molar-refractivity contribution in [2.24, 2.45) is 0 Å². The number of pyridine rings is 1. The molecule has 1 saturated heterocycles. The van der Waals surface area contributed by atoms with Crippen molar-refractivity contribution in [3.63, 3.8) is 0 Å². The van der Waals surface area contributed by atoms with E-state index in [9.17, 15) is 13.2 Å². The maximum absolute atomic E-state index is 12.9. The SMILES string of the molecule is COc1ncc(-c2cccc(OCc3cccc(C(F)(F)F)c3)c2)cc1NSC1COC1. The summed E-state index contributed by atoms with van der Waals surface area (Å²) in [5.41, 5.74) is 2.21. The van der Waals surface area contributed by atoms with Gasteiger partial charge in [0, 0.05) is 11.8 Å². The Balaban J connectivity index is 1.48. The van der Waals surface area contributed by atoms with Crippen LogP contribution in [0.3, 0.4) is 0 Å². The number of anilines is 1. The summed E-state index contributed by atoms with van der Waals surface area (Å²) in [5.74, 6) is 1.03. The van der Waals surface area contributed by atoms with Crippen LogP contribution in [0.1, 0.15) is 11.1 Å². The van der Waals surface area contributed by atoms with Gasteiger partial charge in [0.15, 0.2) is 0 Å². The summed E-state index contributed by atoms with van der Waals surface area (Å²) in [5, 5.41) is 0.385. The van der Waals surface area contributed by atoms with Gasteiger partial charge in [0.1, 0.15) is 18.0 Å². The third kappa shape index (κ3) is 5.46. The van der Waals surface area contributed by atoms with E-state index in [4.69, 9.17) is 14.2 Å². The van der Waals surface area contributed by atoms with E-state index in [2.05, 4.69) is 9.71 Å². The van der Waals surface area contributed by atoms with Crippen LogP contribution in [-0.4, -0.2) is 30.6 Å². The minimum Gasteiger partial charge on any atom is -0.489 e. The van der Waals surface area contributed by atoms with Crippen LogP contribution in [0.15, 0.2) is 60.8 Å². The van der Waals surface area contributed by atoms with E-state index in [1.165, 1.54) is 6.07 Å². The number of methoxy groups -OCH3 is 1. The van der Waals surface area contributed by atoms with Crippen LogP contribution in [0.25, 0.3) is 11.1 Å². The summed E-state index contributed by atoms with van der Waals surface area (Å²) < 4.78 is 58.3. The van der Waals surface area contributed by atoms with Gasteiger partial charge in [0.25, 0.3) is 0 Å². The van der Waals surface area contributed by atoms with E-state index in [0.29, 0.717) is 35.7 Å². The molecule has 1 N–H and O–H groups in total. The second-order valence-corrected chi connectivity index (χ2v) is 8.28. The maximum Gasteiger partial charge on any atom is 0.416 e. The third-order valence-electron chi connectivity index (χ3n) is 4.81. The first kappa shape index (κ1) is 22.3. The van der Waals surface area contributed by atoms with Crippen LogP contribution in [0.2, 0.25) is 0 Å². The molecule has 0 aliphatic carbocycles. The fourth-order valence-corrected chi connectivity index (χ4v) is 3.81. The van der Waals surface area contributed by atoms with Crippen LogP contribution in [0.5, 0.6) is 11.6 Å². The van der Waals surface area contributed by atoms with Gasteiger partial charge in [-0.1, -0.05) is 24.3 Å². The zero-order chi connectivity index (χ0) is 22.6. The van der Waals surface area contributed by atoms with Crippen LogP contribution in [-0.2, 0) is 17.5 Å². The Bertz CT molecular complexity index is 1070. The topological polar surface area (TPSA) is 52.6 Å². The molecule has 32 heavy (non-hydrogen) atoms. The molecule has 1 aromatic heterocycles. The lowest BCUT2D eigenvalue weighted by Crippen LogP contribution is -2.31. The Morgan fingerprint density at radius 3 is 2.62 bits per heavy atom. The van der Waals surface area contributed by atoms with E-state index < -0.39 is 11.7 Å². The number of alkyl halides is 3. The van der Waals surface area contributed by atoms with Gasteiger partial charge in [-0.25, -0.2) is 4.98 Å². The third-order valence-corrected chi connectivity index (χ3v) is 5.76. The van der Waals surface area contributed by atoms with Gasteiger partial charge in [-0.3, -0.25) is 0 Å². The molecule has 9 heteroatoms. The Hall–Kier alpha value is -2.91. The molecule has 0 amide bonds. The highest BCUT2D eigenvalue weighted by Gasteiger charge is 2.30. The molecule has 5 nitrogen and oxygen atoms in total. The molecule has 2 heterocycles. The summed E-state index contributed by atoms with van der Waals surface area (Å²) in [4.78, 5) is 4.37. The number of hydrogen-bond acceptors (Lipinski definition) is 6. The number of rotatable bonds is 8. The van der Waals surface area contributed by atoms with Crippen molar-refractivity contribution >= 4 is 17.6 Å². The molecule has 168 valence electrons. The van der Waals surface area contributed by atoms with Crippen molar-refractivity contribution in [2.75, 3.05) is 25.0 Å². The lowest BCUT2D eigenvalue weighted by molar-refractivity contribution is -0.137. The molecular formula is C23H21F3N2O3S. The first-order valence-electron chi connectivity index (χ1n) is 9.85. The number of halogens is 3. The van der Waals surface area contributed by atoms with Crippen LogP contribution < -0.4 is 14.2 Å². The number of nitrogens with zero attached hydrogens (tertiary/aromatic N) is 1. The Morgan fingerprint density at radius 2 is 1.91 bits per heavy atom. The highest BCUT2D eigenvalue weighted by Crippen LogP contribution is 2.33. The molecule has 1 aliphatic heterocycles. The Morgan fingerprint density at radius 1 is 1.09 bits per heavy atom. The number of aromatic nitrogens is 1. The monoisotopic (exact) mass is 462 g/mol. The quantitative estimate of drug-likeness (QED) is 0.426. The number of nitrogens with one attached hydrogen (secondary N) is 1. The number of hydrogen-bond donors (Lipinski definition) is 1. The standard InChI is InChI=1S/C23H21F3N2O3S/c1-29-22-21(28-32-20-13-30-14-20)10-17(11-27-22)16-5-3-7-19(9-16)31-12-15-4-2-6-18(8-15)23(24,25)26/h2-11,20,28H,12-14H2,1H3. The first-order valence-corrected chi connectivity index (χ1v) is 10.7. The fraction of sp³-hybridized carbons (Fsp3) is 0.261. The zero-order valence-corrected chi connectivity index (χ0v) is 18.0. The van der Waals surface area contributed by atoms with Gasteiger partial charge in [-0.05, 0) is 53.4 Å². The fourth-order valence-electron chi connectivity index (χ4n) is 3.04. The van der Waals surface area contributed by atoms with Crippen LogP contribution in [0.4, 0.5) is 18.9 Å².